The van der Waals surface area contributed by atoms with Gasteiger partial charge in [-0.1, -0.05) is 39.0 Å². The van der Waals surface area contributed by atoms with Crippen molar-refractivity contribution in [3.63, 3.8) is 0 Å². The molecule has 46 valence electrons. The molecule has 1 fully saturated rings. The van der Waals surface area contributed by atoms with Crippen LogP contribution in [-0.4, -0.2) is 11.0 Å². The largest absolute Gasteiger partial charge is 0.100 e. The summed E-state index contributed by atoms with van der Waals surface area (Å²) in [5, 5.41) is 0.371. The fraction of sp³-hybridized carbons (Fsp3) is 1.00. The molecule has 0 aromatic rings. The lowest BCUT2D eigenvalue weighted by Crippen LogP contribution is -1.69. The van der Waals surface area contributed by atoms with Crippen LogP contribution in [0.2, 0.25) is 0 Å². The molecule has 1 rings (SSSR count). The zero-order valence-corrected chi connectivity index (χ0v) is 7.03. The molecule has 1 heterocycles. The molecule has 0 bridgehead atoms. The van der Waals surface area contributed by atoms with Crippen LogP contribution >= 0.6 is 38.8 Å². The van der Waals surface area contributed by atoms with Crippen molar-refractivity contribution >= 4 is 38.8 Å². The first-order valence-corrected chi connectivity index (χ1v) is 7.27. The summed E-state index contributed by atoms with van der Waals surface area (Å²) in [4.78, 5) is 0. The smallest absolute Gasteiger partial charge is 0.0147 e. The summed E-state index contributed by atoms with van der Waals surface area (Å²) in [7, 11) is 17.1. The summed E-state index contributed by atoms with van der Waals surface area (Å²) < 4.78 is 0. The second-order valence-corrected chi connectivity index (χ2v) is 13.9. The number of hydrogen-bond donors (Lipinski definition) is 1. The molecule has 0 aromatic heterocycles. The van der Waals surface area contributed by atoms with Crippen molar-refractivity contribution in [2.75, 3.05) is 5.75 Å². The van der Waals surface area contributed by atoms with E-state index in [0.717, 1.165) is 5.75 Å². The molecule has 1 atom stereocenters. The maximum absolute atomic E-state index is 5.71. The lowest BCUT2D eigenvalue weighted by molar-refractivity contribution is 1.25. The van der Waals surface area contributed by atoms with Gasteiger partial charge < -0.3 is 0 Å². The molecule has 4 heteroatoms. The average Bonchev–Trinajstić information content (AvgIpc) is 1.66. The van der Waals surface area contributed by atoms with E-state index in [9.17, 15) is 0 Å². The van der Waals surface area contributed by atoms with E-state index < -0.39 is 6.80 Å². The lowest BCUT2D eigenvalue weighted by atomic mass is 10.6. The fourth-order valence-corrected chi connectivity index (χ4v) is 4.68. The molecular weight excluding hydrogens is 174 g/mol. The van der Waals surface area contributed by atoms with Gasteiger partial charge in [-0.2, -0.15) is 0 Å². The number of thiol groups is 1. The van der Waals surface area contributed by atoms with Gasteiger partial charge in [0.15, 0.2) is 0 Å². The number of rotatable bonds is 0. The Labute approximate surface area is 56.9 Å². The van der Waals surface area contributed by atoms with Gasteiger partial charge >= 0.3 is 0 Å². The van der Waals surface area contributed by atoms with Gasteiger partial charge in [-0.15, -0.1) is 6.80 Å². The van der Waals surface area contributed by atoms with Crippen molar-refractivity contribution < 1.29 is 0 Å². The van der Waals surface area contributed by atoms with E-state index in [1.54, 1.807) is 0 Å². The standard InChI is InChI=1S/C3H7Cl3S/c1-3-2-7(3,4,5)6/h3,7H,2H2,1H3/t3-/m1/s1. The third-order valence-corrected chi connectivity index (χ3v) is 8.00. The maximum Gasteiger partial charge on any atom is 0.0147 e. The van der Waals surface area contributed by atoms with E-state index in [0.29, 0.717) is 5.25 Å². The molecule has 1 aliphatic heterocycles. The first-order valence-electron chi connectivity index (χ1n) is 2.07. The molecule has 1 aliphatic rings. The van der Waals surface area contributed by atoms with E-state index in [-0.39, 0.29) is 0 Å². The van der Waals surface area contributed by atoms with E-state index in [1.807, 2.05) is 6.92 Å². The molecule has 0 aromatic carbocycles. The van der Waals surface area contributed by atoms with Crippen LogP contribution in [0, 0.1) is 0 Å². The molecule has 1 saturated heterocycles. The molecule has 7 heavy (non-hydrogen) atoms. The van der Waals surface area contributed by atoms with Gasteiger partial charge in [-0.3, -0.25) is 0 Å². The van der Waals surface area contributed by atoms with Crippen molar-refractivity contribution in [1.29, 1.82) is 0 Å². The highest BCUT2D eigenvalue weighted by atomic mass is 36.2. The SMILES string of the molecule is C[C@@H]1C[SH]1(Cl)(Cl)Cl. The van der Waals surface area contributed by atoms with Crippen LogP contribution < -0.4 is 0 Å². The number of hydrogen-bond acceptors (Lipinski definition) is 0. The minimum absolute atomic E-state index is 0.371. The molecule has 0 radical (unpaired) electrons. The van der Waals surface area contributed by atoms with Crippen molar-refractivity contribution in [2.24, 2.45) is 0 Å². The molecule has 0 spiro atoms. The summed E-state index contributed by atoms with van der Waals surface area (Å²) in [5.41, 5.74) is 0. The summed E-state index contributed by atoms with van der Waals surface area (Å²) in [6.45, 7) is -0.515. The van der Waals surface area contributed by atoms with Crippen LogP contribution in [0.1, 0.15) is 6.92 Å². The van der Waals surface area contributed by atoms with Crippen molar-refractivity contribution in [3.05, 3.63) is 0 Å². The van der Waals surface area contributed by atoms with Crippen molar-refractivity contribution in [2.45, 2.75) is 12.2 Å². The van der Waals surface area contributed by atoms with Crippen LogP contribution in [0.5, 0.6) is 0 Å². The minimum Gasteiger partial charge on any atom is -0.100 e. The second-order valence-electron chi connectivity index (χ2n) is 2.06. The van der Waals surface area contributed by atoms with Gasteiger partial charge in [0.25, 0.3) is 0 Å². The monoisotopic (exact) mass is 180 g/mol. The molecule has 0 nitrogen and oxygen atoms in total. The Morgan fingerprint density at radius 2 is 1.57 bits per heavy atom. The van der Waals surface area contributed by atoms with Crippen LogP contribution in [0.3, 0.4) is 0 Å². The topological polar surface area (TPSA) is 0 Å². The Bertz CT molecular complexity index is 102. The fourth-order valence-electron chi connectivity index (χ4n) is 0.405. The van der Waals surface area contributed by atoms with E-state index >= 15 is 0 Å². The van der Waals surface area contributed by atoms with Crippen LogP contribution in [0.25, 0.3) is 0 Å². The summed E-state index contributed by atoms with van der Waals surface area (Å²) in [6, 6.07) is 0. The van der Waals surface area contributed by atoms with Gasteiger partial charge in [0.1, 0.15) is 0 Å². The van der Waals surface area contributed by atoms with Crippen LogP contribution in [0.15, 0.2) is 0 Å². The molecular formula is C3H7Cl3S. The lowest BCUT2D eigenvalue weighted by Gasteiger charge is -2.19. The first kappa shape index (κ1) is 6.34. The van der Waals surface area contributed by atoms with Crippen molar-refractivity contribution in [3.8, 4) is 0 Å². The molecule has 0 aliphatic carbocycles. The Morgan fingerprint density at radius 3 is 1.57 bits per heavy atom. The van der Waals surface area contributed by atoms with Gasteiger partial charge in [0.2, 0.25) is 0 Å². The van der Waals surface area contributed by atoms with E-state index in [2.05, 4.69) is 0 Å². The van der Waals surface area contributed by atoms with Gasteiger partial charge in [-0.05, 0) is 0 Å². The highest BCUT2D eigenvalue weighted by Crippen LogP contribution is 2.97. The predicted octanol–water partition coefficient (Wildman–Crippen LogP) is 2.92. The quantitative estimate of drug-likeness (QED) is 0.431. The van der Waals surface area contributed by atoms with Gasteiger partial charge in [0.05, 0.1) is 0 Å². The zero-order valence-electron chi connectivity index (χ0n) is 3.87. The Balaban J connectivity index is 2.69. The first-order chi connectivity index (χ1) is 2.90. The zero-order chi connectivity index (χ0) is 5.73. The molecule has 0 amide bonds. The maximum atomic E-state index is 5.71. The highest BCUT2D eigenvalue weighted by molar-refractivity contribution is 8.95. The summed E-state index contributed by atoms with van der Waals surface area (Å²) in [6.07, 6.45) is 0. The third kappa shape index (κ3) is 1.13. The van der Waals surface area contributed by atoms with Crippen LogP contribution in [0.4, 0.5) is 0 Å². The predicted molar refractivity (Wildman–Crippen MR) is 40.9 cm³/mol. The second kappa shape index (κ2) is 1.21. The van der Waals surface area contributed by atoms with Gasteiger partial charge in [0, 0.05) is 11.0 Å². The normalized spacial score (nSPS) is 49.1. The Morgan fingerprint density at radius 1 is 1.43 bits per heavy atom. The molecule has 0 unspecified atom stereocenters. The third-order valence-electron chi connectivity index (χ3n) is 1.25. The number of halogens is 3. The van der Waals surface area contributed by atoms with Crippen molar-refractivity contribution in [1.82, 2.24) is 0 Å². The summed E-state index contributed by atoms with van der Waals surface area (Å²) in [5.74, 6) is 0.830. The average molecular weight is 182 g/mol. The van der Waals surface area contributed by atoms with Gasteiger partial charge in [-0.25, -0.2) is 0 Å². The molecule has 0 saturated carbocycles. The Hall–Kier alpha value is 1.22. The Kier molecular flexibility index (Phi) is 1.09. The minimum atomic E-state index is -2.49. The van der Waals surface area contributed by atoms with E-state index in [4.69, 9.17) is 32.0 Å². The molecule has 0 N–H and O–H groups in total. The highest BCUT2D eigenvalue weighted by Gasteiger charge is 2.55. The summed E-state index contributed by atoms with van der Waals surface area (Å²) >= 11 is 0. The van der Waals surface area contributed by atoms with E-state index in [1.165, 1.54) is 0 Å². The van der Waals surface area contributed by atoms with Crippen LogP contribution in [-0.2, 0) is 0 Å².